The van der Waals surface area contributed by atoms with E-state index in [1.807, 2.05) is 0 Å². The van der Waals surface area contributed by atoms with Crippen molar-refractivity contribution < 1.29 is 31.1 Å². The Hall–Kier alpha value is -1.53. The molecule has 18 heavy (non-hydrogen) atoms. The fraction of sp³-hybridized carbons (Fsp3) is 0.364. The van der Waals surface area contributed by atoms with E-state index < -0.39 is 36.5 Å². The van der Waals surface area contributed by atoms with Crippen LogP contribution in [0.5, 0.6) is 0 Å². The number of rotatable bonds is 3. The van der Waals surface area contributed by atoms with Crippen LogP contribution in [-0.2, 0) is 17.4 Å². The van der Waals surface area contributed by atoms with Crippen LogP contribution in [-0.4, -0.2) is 12.0 Å². The van der Waals surface area contributed by atoms with Crippen molar-refractivity contribution in [3.63, 3.8) is 0 Å². The molecule has 1 aromatic rings. The molecule has 1 rings (SSSR count). The number of hydrogen-bond acceptors (Lipinski definition) is 1. The molecular formula is C11H8F6O. The lowest BCUT2D eigenvalue weighted by Gasteiger charge is -2.12. The number of carbonyl (C=O) groups is 1. The maximum atomic E-state index is 12.5. The molecule has 0 spiro atoms. The number of alkyl halides is 6. The monoisotopic (exact) mass is 270 g/mol. The number of Topliss-reactive ketones (excluding diaryl/α,β-unsaturated/α-hetero) is 1. The van der Waals surface area contributed by atoms with Crippen molar-refractivity contribution in [2.24, 2.45) is 0 Å². The molecule has 0 radical (unpaired) electrons. The van der Waals surface area contributed by atoms with Crippen LogP contribution >= 0.6 is 0 Å². The highest BCUT2D eigenvalue weighted by Gasteiger charge is 2.38. The Morgan fingerprint density at radius 3 is 2.06 bits per heavy atom. The first-order valence-electron chi connectivity index (χ1n) is 4.87. The largest absolute Gasteiger partial charge is 0.449 e. The van der Waals surface area contributed by atoms with E-state index in [4.69, 9.17) is 0 Å². The van der Waals surface area contributed by atoms with Crippen LogP contribution in [0.4, 0.5) is 26.3 Å². The zero-order valence-corrected chi connectivity index (χ0v) is 8.90. The van der Waals surface area contributed by atoms with Gasteiger partial charge < -0.3 is 0 Å². The molecule has 0 fully saturated rings. The highest BCUT2D eigenvalue weighted by atomic mass is 19.4. The fourth-order valence-corrected chi connectivity index (χ4v) is 1.40. The van der Waals surface area contributed by atoms with Gasteiger partial charge in [-0.3, -0.25) is 4.79 Å². The number of aryl methyl sites for hydroxylation is 1. The Morgan fingerprint density at radius 1 is 1.00 bits per heavy atom. The van der Waals surface area contributed by atoms with Crippen LogP contribution in [0.2, 0.25) is 0 Å². The molecule has 0 aliphatic heterocycles. The summed E-state index contributed by atoms with van der Waals surface area (Å²) >= 11 is 0. The van der Waals surface area contributed by atoms with E-state index in [0.29, 0.717) is 0 Å². The Labute approximate surface area is 98.4 Å². The predicted octanol–water partition coefficient (Wildman–Crippen LogP) is 3.77. The second kappa shape index (κ2) is 4.99. The summed E-state index contributed by atoms with van der Waals surface area (Å²) in [5.41, 5.74) is -1.33. The van der Waals surface area contributed by atoms with Gasteiger partial charge in [-0.1, -0.05) is 18.2 Å². The molecule has 0 heterocycles. The first kappa shape index (κ1) is 14.5. The second-order valence-electron chi connectivity index (χ2n) is 3.58. The first-order chi connectivity index (χ1) is 8.12. The van der Waals surface area contributed by atoms with Gasteiger partial charge in [0.2, 0.25) is 5.78 Å². The van der Waals surface area contributed by atoms with Gasteiger partial charge >= 0.3 is 12.4 Å². The molecular weight excluding hydrogens is 262 g/mol. The van der Waals surface area contributed by atoms with Gasteiger partial charge in [-0.2, -0.15) is 26.3 Å². The molecule has 100 valence electrons. The van der Waals surface area contributed by atoms with E-state index in [0.717, 1.165) is 18.2 Å². The zero-order valence-electron chi connectivity index (χ0n) is 8.90. The lowest BCUT2D eigenvalue weighted by Crippen LogP contribution is -2.23. The zero-order chi connectivity index (χ0) is 14.0. The van der Waals surface area contributed by atoms with Crippen molar-refractivity contribution in [2.45, 2.75) is 25.2 Å². The maximum Gasteiger partial charge on any atom is 0.449 e. The fourth-order valence-electron chi connectivity index (χ4n) is 1.40. The summed E-state index contributed by atoms with van der Waals surface area (Å²) in [5.74, 6) is -2.03. The van der Waals surface area contributed by atoms with E-state index in [9.17, 15) is 31.1 Å². The summed E-state index contributed by atoms with van der Waals surface area (Å²) < 4.78 is 73.2. The van der Waals surface area contributed by atoms with Gasteiger partial charge in [0, 0.05) is 6.42 Å². The summed E-state index contributed by atoms with van der Waals surface area (Å²) in [6.07, 6.45) is -11.2. The number of ketones is 1. The van der Waals surface area contributed by atoms with E-state index >= 15 is 0 Å². The number of hydrogen-bond donors (Lipinski definition) is 0. The smallest absolute Gasteiger partial charge is 0.290 e. The number of halogens is 6. The predicted molar refractivity (Wildman–Crippen MR) is 50.8 cm³/mol. The van der Waals surface area contributed by atoms with Gasteiger partial charge in [-0.25, -0.2) is 0 Å². The molecule has 0 aromatic heterocycles. The van der Waals surface area contributed by atoms with Gasteiger partial charge in [0.1, 0.15) is 0 Å². The minimum Gasteiger partial charge on any atom is -0.290 e. The van der Waals surface area contributed by atoms with E-state index in [1.54, 1.807) is 0 Å². The van der Waals surface area contributed by atoms with E-state index in [1.165, 1.54) is 6.07 Å². The molecule has 1 nitrogen and oxygen atoms in total. The number of benzene rings is 1. The third kappa shape index (κ3) is 3.75. The molecule has 7 heteroatoms. The Bertz CT molecular complexity index is 432. The standard InChI is InChI=1S/C11H8F6O/c12-10(13,14)8-4-2-1-3-7(8)5-6-9(18)11(15,16)17/h1-4H,5-6H2. The van der Waals surface area contributed by atoms with Crippen molar-refractivity contribution in [3.05, 3.63) is 35.4 Å². The quantitative estimate of drug-likeness (QED) is 0.764. The highest BCUT2D eigenvalue weighted by molar-refractivity contribution is 5.84. The lowest BCUT2D eigenvalue weighted by atomic mass is 10.0. The summed E-state index contributed by atoms with van der Waals surface area (Å²) in [5, 5.41) is 0. The normalized spacial score (nSPS) is 12.6. The molecule has 0 amide bonds. The van der Waals surface area contributed by atoms with Crippen molar-refractivity contribution in [1.82, 2.24) is 0 Å². The van der Waals surface area contributed by atoms with Gasteiger partial charge in [0.15, 0.2) is 0 Å². The van der Waals surface area contributed by atoms with Crippen LogP contribution in [0.3, 0.4) is 0 Å². The van der Waals surface area contributed by atoms with E-state index in [2.05, 4.69) is 0 Å². The molecule has 0 aliphatic carbocycles. The van der Waals surface area contributed by atoms with Crippen molar-refractivity contribution >= 4 is 5.78 Å². The van der Waals surface area contributed by atoms with Crippen LogP contribution < -0.4 is 0 Å². The lowest BCUT2D eigenvalue weighted by molar-refractivity contribution is -0.171. The van der Waals surface area contributed by atoms with E-state index in [-0.39, 0.29) is 5.56 Å². The SMILES string of the molecule is O=C(CCc1ccccc1C(F)(F)F)C(F)(F)F. The third-order valence-corrected chi connectivity index (χ3v) is 2.26. The molecule has 0 saturated heterocycles. The Morgan fingerprint density at radius 2 is 1.56 bits per heavy atom. The summed E-state index contributed by atoms with van der Waals surface area (Å²) in [6.45, 7) is 0. The van der Waals surface area contributed by atoms with Crippen LogP contribution in [0.25, 0.3) is 0 Å². The molecule has 1 aromatic carbocycles. The van der Waals surface area contributed by atoms with Crippen molar-refractivity contribution in [1.29, 1.82) is 0 Å². The van der Waals surface area contributed by atoms with Gasteiger partial charge in [-0.05, 0) is 18.1 Å². The van der Waals surface area contributed by atoms with Gasteiger partial charge in [-0.15, -0.1) is 0 Å². The average Bonchev–Trinajstić information content (AvgIpc) is 2.23. The van der Waals surface area contributed by atoms with Crippen molar-refractivity contribution in [2.75, 3.05) is 0 Å². The topological polar surface area (TPSA) is 17.1 Å². The molecule has 0 saturated carbocycles. The maximum absolute atomic E-state index is 12.5. The minimum atomic E-state index is -5.01. The summed E-state index contributed by atoms with van der Waals surface area (Å²) in [7, 11) is 0. The van der Waals surface area contributed by atoms with Gasteiger partial charge in [0.25, 0.3) is 0 Å². The second-order valence-corrected chi connectivity index (χ2v) is 3.58. The molecule has 0 N–H and O–H groups in total. The number of carbonyl (C=O) groups excluding carboxylic acids is 1. The summed E-state index contributed by atoms with van der Waals surface area (Å²) in [4.78, 5) is 10.6. The van der Waals surface area contributed by atoms with Crippen LogP contribution in [0.15, 0.2) is 24.3 Å². The summed E-state index contributed by atoms with van der Waals surface area (Å²) in [6, 6.07) is 4.25. The Kier molecular flexibility index (Phi) is 4.03. The minimum absolute atomic E-state index is 0.317. The molecule has 0 aliphatic rings. The van der Waals surface area contributed by atoms with Gasteiger partial charge in [0.05, 0.1) is 5.56 Å². The first-order valence-corrected chi connectivity index (χ1v) is 4.87. The van der Waals surface area contributed by atoms with Crippen LogP contribution in [0.1, 0.15) is 17.5 Å². The van der Waals surface area contributed by atoms with Crippen molar-refractivity contribution in [3.8, 4) is 0 Å². The molecule has 0 atom stereocenters. The highest BCUT2D eigenvalue weighted by Crippen LogP contribution is 2.32. The molecule has 0 unspecified atom stereocenters. The van der Waals surface area contributed by atoms with Crippen LogP contribution in [0, 0.1) is 0 Å². The Balaban J connectivity index is 2.84. The molecule has 0 bridgehead atoms. The average molecular weight is 270 g/mol. The third-order valence-electron chi connectivity index (χ3n) is 2.26.